The molecule has 25 heavy (non-hydrogen) atoms. The van der Waals surface area contributed by atoms with Crippen molar-refractivity contribution in [3.8, 4) is 22.5 Å². The van der Waals surface area contributed by atoms with Crippen molar-refractivity contribution in [3.05, 3.63) is 72.7 Å². The molecule has 7 heteroatoms. The van der Waals surface area contributed by atoms with Crippen LogP contribution in [0.4, 0.5) is 13.2 Å². The zero-order valence-electron chi connectivity index (χ0n) is 12.8. The largest absolute Gasteiger partial charge is 0.416 e. The van der Waals surface area contributed by atoms with E-state index in [1.165, 1.54) is 12.3 Å². The Morgan fingerprint density at radius 1 is 0.880 bits per heavy atom. The standard InChI is InChI=1S/C18H11F3N4/c19-18(20,21)14-3-1-2-13(10-14)16-11-23-17-5-4-15(24-25(16)17)12-6-8-22-9-7-12/h1-11H. The lowest BCUT2D eigenvalue weighted by molar-refractivity contribution is -0.137. The van der Waals surface area contributed by atoms with Crippen LogP contribution in [0.1, 0.15) is 5.56 Å². The number of rotatable bonds is 2. The highest BCUT2D eigenvalue weighted by atomic mass is 19.4. The van der Waals surface area contributed by atoms with Crippen molar-refractivity contribution in [2.45, 2.75) is 6.18 Å². The van der Waals surface area contributed by atoms with Crippen LogP contribution in [0.5, 0.6) is 0 Å². The van der Waals surface area contributed by atoms with Gasteiger partial charge in [-0.1, -0.05) is 12.1 Å². The van der Waals surface area contributed by atoms with Crippen LogP contribution in [0, 0.1) is 0 Å². The van der Waals surface area contributed by atoms with Crippen molar-refractivity contribution in [1.29, 1.82) is 0 Å². The molecule has 0 aliphatic heterocycles. The van der Waals surface area contributed by atoms with Crippen molar-refractivity contribution in [2.75, 3.05) is 0 Å². The van der Waals surface area contributed by atoms with E-state index < -0.39 is 11.7 Å². The average molecular weight is 340 g/mol. The molecular weight excluding hydrogens is 329 g/mol. The Morgan fingerprint density at radius 2 is 1.68 bits per heavy atom. The number of hydrogen-bond acceptors (Lipinski definition) is 3. The molecule has 0 aliphatic rings. The fourth-order valence-corrected chi connectivity index (χ4v) is 2.60. The Kier molecular flexibility index (Phi) is 3.49. The van der Waals surface area contributed by atoms with Crippen molar-refractivity contribution in [2.24, 2.45) is 0 Å². The number of nitrogens with zero attached hydrogens (tertiary/aromatic N) is 4. The van der Waals surface area contributed by atoms with Gasteiger partial charge in [0.25, 0.3) is 0 Å². The summed E-state index contributed by atoms with van der Waals surface area (Å²) >= 11 is 0. The molecule has 3 aromatic heterocycles. The molecule has 4 nitrogen and oxygen atoms in total. The smallest absolute Gasteiger partial charge is 0.265 e. The van der Waals surface area contributed by atoms with E-state index in [2.05, 4.69) is 15.1 Å². The maximum absolute atomic E-state index is 13.0. The van der Waals surface area contributed by atoms with Gasteiger partial charge in [0.2, 0.25) is 0 Å². The normalized spacial score (nSPS) is 11.8. The number of benzene rings is 1. The molecular formula is C18H11F3N4. The molecule has 4 aromatic rings. The summed E-state index contributed by atoms with van der Waals surface area (Å²) in [7, 11) is 0. The molecule has 0 bridgehead atoms. The van der Waals surface area contributed by atoms with Gasteiger partial charge in [0.1, 0.15) is 0 Å². The van der Waals surface area contributed by atoms with Crippen LogP contribution in [-0.4, -0.2) is 19.6 Å². The predicted molar refractivity (Wildman–Crippen MR) is 86.7 cm³/mol. The summed E-state index contributed by atoms with van der Waals surface area (Å²) in [5.74, 6) is 0. The number of imidazole rings is 1. The summed E-state index contributed by atoms with van der Waals surface area (Å²) in [6.07, 6.45) is 0.436. The molecule has 3 heterocycles. The summed E-state index contributed by atoms with van der Waals surface area (Å²) in [5.41, 5.74) is 2.30. The van der Waals surface area contributed by atoms with Crippen LogP contribution >= 0.6 is 0 Å². The van der Waals surface area contributed by atoms with Gasteiger partial charge < -0.3 is 0 Å². The number of hydrogen-bond donors (Lipinski definition) is 0. The van der Waals surface area contributed by atoms with Gasteiger partial charge in [-0.15, -0.1) is 0 Å². The first-order valence-corrected chi connectivity index (χ1v) is 7.45. The second-order valence-corrected chi connectivity index (χ2v) is 5.45. The first-order chi connectivity index (χ1) is 12.0. The van der Waals surface area contributed by atoms with Crippen molar-refractivity contribution in [3.63, 3.8) is 0 Å². The minimum Gasteiger partial charge on any atom is -0.265 e. The molecule has 0 fully saturated rings. The maximum atomic E-state index is 13.0. The fourth-order valence-electron chi connectivity index (χ4n) is 2.60. The highest BCUT2D eigenvalue weighted by molar-refractivity contribution is 5.66. The third kappa shape index (κ3) is 2.84. The van der Waals surface area contributed by atoms with E-state index in [0.717, 1.165) is 17.7 Å². The summed E-state index contributed by atoms with van der Waals surface area (Å²) in [4.78, 5) is 8.20. The van der Waals surface area contributed by atoms with E-state index in [1.807, 2.05) is 18.2 Å². The van der Waals surface area contributed by atoms with E-state index >= 15 is 0 Å². The topological polar surface area (TPSA) is 43.1 Å². The van der Waals surface area contributed by atoms with Gasteiger partial charge in [-0.25, -0.2) is 9.50 Å². The van der Waals surface area contributed by atoms with Gasteiger partial charge in [0.15, 0.2) is 5.65 Å². The Bertz CT molecular complexity index is 1040. The van der Waals surface area contributed by atoms with Crippen LogP contribution in [0.3, 0.4) is 0 Å². The van der Waals surface area contributed by atoms with Gasteiger partial charge in [-0.2, -0.15) is 18.3 Å². The molecule has 0 spiro atoms. The third-order valence-corrected chi connectivity index (χ3v) is 3.82. The average Bonchev–Trinajstić information content (AvgIpc) is 3.05. The molecule has 0 N–H and O–H groups in total. The molecule has 124 valence electrons. The Morgan fingerprint density at radius 3 is 2.44 bits per heavy atom. The van der Waals surface area contributed by atoms with E-state index in [1.54, 1.807) is 29.0 Å². The first-order valence-electron chi connectivity index (χ1n) is 7.45. The second-order valence-electron chi connectivity index (χ2n) is 5.45. The highest BCUT2D eigenvalue weighted by Gasteiger charge is 2.30. The monoisotopic (exact) mass is 340 g/mol. The van der Waals surface area contributed by atoms with Gasteiger partial charge in [0, 0.05) is 23.5 Å². The van der Waals surface area contributed by atoms with E-state index in [9.17, 15) is 13.2 Å². The molecule has 4 rings (SSSR count). The Labute approximate surface area is 140 Å². The second kappa shape index (κ2) is 5.70. The van der Waals surface area contributed by atoms with Crippen LogP contribution in [-0.2, 0) is 6.18 Å². The molecule has 1 aromatic carbocycles. The highest BCUT2D eigenvalue weighted by Crippen LogP contribution is 2.32. The molecule has 0 unspecified atom stereocenters. The molecule has 0 atom stereocenters. The Hall–Kier alpha value is -3.22. The molecule has 0 aliphatic carbocycles. The minimum atomic E-state index is -4.40. The summed E-state index contributed by atoms with van der Waals surface area (Å²) < 4.78 is 40.4. The third-order valence-electron chi connectivity index (χ3n) is 3.82. The van der Waals surface area contributed by atoms with Crippen molar-refractivity contribution in [1.82, 2.24) is 19.6 Å². The number of halogens is 3. The minimum absolute atomic E-state index is 0.404. The lowest BCUT2D eigenvalue weighted by Gasteiger charge is -2.09. The Balaban J connectivity index is 1.86. The van der Waals surface area contributed by atoms with E-state index in [-0.39, 0.29) is 0 Å². The first kappa shape index (κ1) is 15.3. The lowest BCUT2D eigenvalue weighted by Crippen LogP contribution is -2.05. The van der Waals surface area contributed by atoms with Crippen LogP contribution < -0.4 is 0 Å². The van der Waals surface area contributed by atoms with Crippen molar-refractivity contribution >= 4 is 5.65 Å². The maximum Gasteiger partial charge on any atom is 0.416 e. The summed E-state index contributed by atoms with van der Waals surface area (Å²) in [6.45, 7) is 0. The van der Waals surface area contributed by atoms with Crippen molar-refractivity contribution < 1.29 is 13.2 Å². The lowest BCUT2D eigenvalue weighted by atomic mass is 10.1. The van der Waals surface area contributed by atoms with Gasteiger partial charge >= 0.3 is 6.18 Å². The SMILES string of the molecule is FC(F)(F)c1cccc(-c2cnc3ccc(-c4ccncc4)nn23)c1. The zero-order chi connectivity index (χ0) is 17.4. The zero-order valence-corrected chi connectivity index (χ0v) is 12.8. The van der Waals surface area contributed by atoms with Gasteiger partial charge in [-0.3, -0.25) is 4.98 Å². The number of pyridine rings is 1. The molecule has 0 saturated heterocycles. The number of fused-ring (bicyclic) bond motifs is 1. The fraction of sp³-hybridized carbons (Fsp3) is 0.0556. The van der Waals surface area contributed by atoms with Crippen LogP contribution in [0.2, 0.25) is 0 Å². The van der Waals surface area contributed by atoms with E-state index in [4.69, 9.17) is 0 Å². The number of aromatic nitrogens is 4. The molecule has 0 saturated carbocycles. The van der Waals surface area contributed by atoms with Crippen LogP contribution in [0.25, 0.3) is 28.2 Å². The van der Waals surface area contributed by atoms with Gasteiger partial charge in [0.05, 0.1) is 23.1 Å². The molecule has 0 radical (unpaired) electrons. The van der Waals surface area contributed by atoms with Gasteiger partial charge in [-0.05, 0) is 36.4 Å². The predicted octanol–water partition coefficient (Wildman–Crippen LogP) is 4.48. The quantitative estimate of drug-likeness (QED) is 0.540. The number of alkyl halides is 3. The van der Waals surface area contributed by atoms with Crippen LogP contribution in [0.15, 0.2) is 67.1 Å². The summed E-state index contributed by atoms with van der Waals surface area (Å²) in [6, 6.07) is 12.4. The summed E-state index contributed by atoms with van der Waals surface area (Å²) in [5, 5.41) is 4.52. The molecule has 0 amide bonds. The van der Waals surface area contributed by atoms with E-state index in [0.29, 0.717) is 22.6 Å².